The number of halogens is 2. The van der Waals surface area contributed by atoms with Gasteiger partial charge in [-0.3, -0.25) is 5.32 Å². The monoisotopic (exact) mass is 288 g/mol. The van der Waals surface area contributed by atoms with Crippen LogP contribution in [0.2, 0.25) is 5.02 Å². The lowest BCUT2D eigenvalue weighted by atomic mass is 9.84. The molecule has 1 unspecified atom stereocenters. The molecule has 0 radical (unpaired) electrons. The van der Waals surface area contributed by atoms with Crippen molar-refractivity contribution in [3.63, 3.8) is 0 Å². The summed E-state index contributed by atoms with van der Waals surface area (Å²) >= 11 is 6.03. The molecule has 0 saturated carbocycles. The first-order valence-electron chi connectivity index (χ1n) is 5.70. The van der Waals surface area contributed by atoms with Crippen LogP contribution in [-0.4, -0.2) is 19.2 Å². The Morgan fingerprint density at radius 3 is 2.94 bits per heavy atom. The summed E-state index contributed by atoms with van der Waals surface area (Å²) < 4.78 is 5.53. The normalized spacial score (nSPS) is 25.7. The average Bonchev–Trinajstić information content (AvgIpc) is 2.31. The van der Waals surface area contributed by atoms with Crippen molar-refractivity contribution >= 4 is 35.8 Å². The Labute approximate surface area is 116 Å². The fourth-order valence-corrected chi connectivity index (χ4v) is 2.74. The third-order valence-electron chi connectivity index (χ3n) is 3.34. The summed E-state index contributed by atoms with van der Waals surface area (Å²) in [6.45, 7) is 1.61. The molecule has 4 nitrogen and oxygen atoms in total. The molecular weight excluding hydrogens is 275 g/mol. The second kappa shape index (κ2) is 4.96. The number of ether oxygens (including phenoxy) is 1. The molecular formula is C12H14Cl2N2O2. The van der Waals surface area contributed by atoms with E-state index in [-0.39, 0.29) is 18.5 Å². The van der Waals surface area contributed by atoms with Crippen LogP contribution in [0.25, 0.3) is 0 Å². The van der Waals surface area contributed by atoms with Gasteiger partial charge in [0.2, 0.25) is 0 Å². The Balaban J connectivity index is 0.00000120. The summed E-state index contributed by atoms with van der Waals surface area (Å²) in [5.74, 6) is 0. The molecule has 0 aliphatic carbocycles. The van der Waals surface area contributed by atoms with Gasteiger partial charge in [-0.15, -0.1) is 12.4 Å². The molecule has 3 rings (SSSR count). The van der Waals surface area contributed by atoms with Crippen molar-refractivity contribution in [3.8, 4) is 0 Å². The first-order valence-corrected chi connectivity index (χ1v) is 6.08. The Kier molecular flexibility index (Phi) is 3.71. The van der Waals surface area contributed by atoms with E-state index < -0.39 is 5.60 Å². The van der Waals surface area contributed by atoms with Crippen LogP contribution in [0.15, 0.2) is 18.2 Å². The smallest absolute Gasteiger partial charge is 0.412 e. The number of piperidine rings is 1. The van der Waals surface area contributed by atoms with E-state index in [0.29, 0.717) is 11.6 Å². The van der Waals surface area contributed by atoms with Gasteiger partial charge in [0.1, 0.15) is 0 Å². The Hall–Kier alpha value is -0.970. The van der Waals surface area contributed by atoms with Crippen molar-refractivity contribution in [3.05, 3.63) is 28.8 Å². The van der Waals surface area contributed by atoms with Crippen LogP contribution in [0.4, 0.5) is 10.5 Å². The van der Waals surface area contributed by atoms with Gasteiger partial charge in [0.05, 0.1) is 5.69 Å². The number of hydrogen-bond acceptors (Lipinski definition) is 3. The van der Waals surface area contributed by atoms with Gasteiger partial charge in [0.15, 0.2) is 5.60 Å². The summed E-state index contributed by atoms with van der Waals surface area (Å²) in [4.78, 5) is 11.6. The number of fused-ring (bicyclic) bond motifs is 2. The maximum atomic E-state index is 11.6. The zero-order valence-corrected chi connectivity index (χ0v) is 11.2. The van der Waals surface area contributed by atoms with Crippen LogP contribution < -0.4 is 10.6 Å². The fourth-order valence-electron chi connectivity index (χ4n) is 2.56. The van der Waals surface area contributed by atoms with Gasteiger partial charge in [-0.25, -0.2) is 4.79 Å². The first kappa shape index (κ1) is 13.5. The molecule has 1 atom stereocenters. The molecule has 2 aliphatic rings. The molecule has 1 amide bonds. The molecule has 1 spiro atoms. The number of benzene rings is 1. The van der Waals surface area contributed by atoms with Crippen LogP contribution in [-0.2, 0) is 10.3 Å². The molecule has 98 valence electrons. The van der Waals surface area contributed by atoms with E-state index in [2.05, 4.69) is 10.6 Å². The van der Waals surface area contributed by atoms with Gasteiger partial charge in [0, 0.05) is 17.1 Å². The van der Waals surface area contributed by atoms with E-state index in [1.54, 1.807) is 6.07 Å². The van der Waals surface area contributed by atoms with Gasteiger partial charge >= 0.3 is 6.09 Å². The van der Waals surface area contributed by atoms with E-state index in [4.69, 9.17) is 16.3 Å². The van der Waals surface area contributed by atoms with Crippen molar-refractivity contribution in [1.29, 1.82) is 0 Å². The molecule has 0 aromatic heterocycles. The second-order valence-corrected chi connectivity index (χ2v) is 4.92. The van der Waals surface area contributed by atoms with Crippen LogP contribution in [0.3, 0.4) is 0 Å². The second-order valence-electron chi connectivity index (χ2n) is 4.48. The number of anilines is 1. The lowest BCUT2D eigenvalue weighted by molar-refractivity contribution is -0.00723. The standard InChI is InChI=1S/C12H13ClN2O2.ClH/c13-8-2-3-10-9(6-8)12(17-11(16)15-10)4-1-5-14-7-12;/h2-3,6,14H,1,4-5,7H2,(H,15,16);1H. The maximum absolute atomic E-state index is 11.6. The quantitative estimate of drug-likeness (QED) is 0.772. The molecule has 1 fully saturated rings. The van der Waals surface area contributed by atoms with Gasteiger partial charge in [0.25, 0.3) is 0 Å². The van der Waals surface area contributed by atoms with Crippen LogP contribution in [0, 0.1) is 0 Å². The lowest BCUT2D eigenvalue weighted by Crippen LogP contribution is -2.49. The minimum atomic E-state index is -0.555. The highest BCUT2D eigenvalue weighted by Gasteiger charge is 2.42. The summed E-state index contributed by atoms with van der Waals surface area (Å²) in [6, 6.07) is 5.48. The van der Waals surface area contributed by atoms with E-state index in [1.807, 2.05) is 12.1 Å². The zero-order chi connectivity index (χ0) is 11.9. The predicted octanol–water partition coefficient (Wildman–Crippen LogP) is 2.90. The third-order valence-corrected chi connectivity index (χ3v) is 3.58. The van der Waals surface area contributed by atoms with Crippen molar-refractivity contribution in [2.75, 3.05) is 18.4 Å². The largest absolute Gasteiger partial charge is 0.436 e. The number of amides is 1. The summed E-state index contributed by atoms with van der Waals surface area (Å²) in [5.41, 5.74) is 1.21. The molecule has 2 aliphatic heterocycles. The maximum Gasteiger partial charge on any atom is 0.412 e. The van der Waals surface area contributed by atoms with Crippen molar-refractivity contribution in [1.82, 2.24) is 5.32 Å². The minimum absolute atomic E-state index is 0. The van der Waals surface area contributed by atoms with E-state index in [9.17, 15) is 4.79 Å². The highest BCUT2D eigenvalue weighted by atomic mass is 35.5. The number of carbonyl (C=O) groups excluding carboxylic acids is 1. The molecule has 2 heterocycles. The SMILES string of the molecule is Cl.O=C1Nc2ccc(Cl)cc2C2(CCCNC2)O1. The van der Waals surface area contributed by atoms with Crippen LogP contribution in [0.1, 0.15) is 18.4 Å². The molecule has 18 heavy (non-hydrogen) atoms. The molecule has 1 aromatic carbocycles. The average molecular weight is 289 g/mol. The number of hydrogen-bond donors (Lipinski definition) is 2. The zero-order valence-electron chi connectivity index (χ0n) is 9.66. The van der Waals surface area contributed by atoms with Crippen molar-refractivity contribution in [2.45, 2.75) is 18.4 Å². The van der Waals surface area contributed by atoms with E-state index in [1.165, 1.54) is 0 Å². The van der Waals surface area contributed by atoms with Crippen LogP contribution in [0.5, 0.6) is 0 Å². The van der Waals surface area contributed by atoms with Crippen LogP contribution >= 0.6 is 24.0 Å². The summed E-state index contributed by atoms with van der Waals surface area (Å²) in [5, 5.41) is 6.65. The predicted molar refractivity (Wildman–Crippen MR) is 72.6 cm³/mol. The van der Waals surface area contributed by atoms with E-state index in [0.717, 1.165) is 30.6 Å². The Bertz CT molecular complexity index is 473. The highest BCUT2D eigenvalue weighted by Crippen LogP contribution is 2.41. The number of rotatable bonds is 0. The fraction of sp³-hybridized carbons (Fsp3) is 0.417. The molecule has 0 bridgehead atoms. The highest BCUT2D eigenvalue weighted by molar-refractivity contribution is 6.30. The van der Waals surface area contributed by atoms with Gasteiger partial charge in [-0.05, 0) is 37.6 Å². The molecule has 2 N–H and O–H groups in total. The third kappa shape index (κ3) is 2.16. The molecule has 1 aromatic rings. The van der Waals surface area contributed by atoms with E-state index >= 15 is 0 Å². The van der Waals surface area contributed by atoms with Crippen molar-refractivity contribution < 1.29 is 9.53 Å². The number of carbonyl (C=O) groups is 1. The first-order chi connectivity index (χ1) is 8.20. The minimum Gasteiger partial charge on any atom is -0.436 e. The van der Waals surface area contributed by atoms with Gasteiger partial charge in [-0.2, -0.15) is 0 Å². The van der Waals surface area contributed by atoms with Crippen molar-refractivity contribution in [2.24, 2.45) is 0 Å². The van der Waals surface area contributed by atoms with Gasteiger partial charge in [-0.1, -0.05) is 11.6 Å². The Morgan fingerprint density at radius 1 is 1.39 bits per heavy atom. The van der Waals surface area contributed by atoms with Gasteiger partial charge < -0.3 is 10.1 Å². The molecule has 1 saturated heterocycles. The lowest BCUT2D eigenvalue weighted by Gasteiger charge is -2.41. The summed E-state index contributed by atoms with van der Waals surface area (Å²) in [6.07, 6.45) is 1.43. The topological polar surface area (TPSA) is 50.4 Å². The Morgan fingerprint density at radius 2 is 2.22 bits per heavy atom. The summed E-state index contributed by atoms with van der Waals surface area (Å²) in [7, 11) is 0. The number of nitrogens with one attached hydrogen (secondary N) is 2. The molecule has 6 heteroatoms.